The molecule has 0 saturated carbocycles. The molecular formula is C20H28FIN4O2S. The Kier molecular flexibility index (Phi) is 10.5. The molecule has 0 aliphatic heterocycles. The van der Waals surface area contributed by atoms with Crippen molar-refractivity contribution in [3.8, 4) is 0 Å². The van der Waals surface area contributed by atoms with Crippen LogP contribution in [-0.2, 0) is 23.1 Å². The minimum atomic E-state index is -3.71. The van der Waals surface area contributed by atoms with Crippen LogP contribution in [0.15, 0.2) is 58.4 Å². The van der Waals surface area contributed by atoms with Crippen LogP contribution in [-0.4, -0.2) is 27.0 Å². The maximum absolute atomic E-state index is 13.2. The first kappa shape index (κ1) is 25.3. The highest BCUT2D eigenvalue weighted by atomic mass is 127. The molecule has 2 aromatic rings. The first-order valence-electron chi connectivity index (χ1n) is 9.18. The Morgan fingerprint density at radius 1 is 1.10 bits per heavy atom. The van der Waals surface area contributed by atoms with Gasteiger partial charge < -0.3 is 10.6 Å². The minimum absolute atomic E-state index is 0. The van der Waals surface area contributed by atoms with Gasteiger partial charge >= 0.3 is 0 Å². The molecule has 0 fully saturated rings. The van der Waals surface area contributed by atoms with Crippen LogP contribution in [0.2, 0.25) is 0 Å². The number of nitrogens with one attached hydrogen (secondary N) is 3. The van der Waals surface area contributed by atoms with Gasteiger partial charge in [0.1, 0.15) is 5.82 Å². The zero-order valence-corrected chi connectivity index (χ0v) is 19.9. The molecule has 0 radical (unpaired) electrons. The predicted molar refractivity (Wildman–Crippen MR) is 125 cm³/mol. The number of guanidine groups is 1. The van der Waals surface area contributed by atoms with Crippen LogP contribution in [0, 0.1) is 5.82 Å². The maximum atomic E-state index is 13.2. The third-order valence-corrected chi connectivity index (χ3v) is 5.15. The second kappa shape index (κ2) is 12.1. The minimum Gasteiger partial charge on any atom is -0.357 e. The van der Waals surface area contributed by atoms with Gasteiger partial charge in [0.25, 0.3) is 0 Å². The second-order valence-corrected chi connectivity index (χ2v) is 8.36. The normalized spacial score (nSPS) is 11.8. The van der Waals surface area contributed by atoms with Gasteiger partial charge in [-0.25, -0.2) is 22.5 Å². The molecule has 0 unspecified atom stereocenters. The summed E-state index contributed by atoms with van der Waals surface area (Å²) in [5.41, 5.74) is 1.33. The number of benzene rings is 2. The standard InChI is InChI=1S/C20H27FN4O2S.HI/c1-4-22-20(25-15(2)3)23-13-17-8-6-10-19(12-17)28(26,27)24-14-16-7-5-9-18(21)11-16;/h5-12,15,24H,4,13-14H2,1-3H3,(H2,22,23,25);1H. The van der Waals surface area contributed by atoms with Crippen molar-refractivity contribution in [2.45, 2.75) is 44.8 Å². The van der Waals surface area contributed by atoms with Gasteiger partial charge in [-0.2, -0.15) is 0 Å². The van der Waals surface area contributed by atoms with Crippen molar-refractivity contribution >= 4 is 40.0 Å². The van der Waals surface area contributed by atoms with Gasteiger partial charge in [0.15, 0.2) is 5.96 Å². The molecule has 0 saturated heterocycles. The topological polar surface area (TPSA) is 82.6 Å². The van der Waals surface area contributed by atoms with Gasteiger partial charge in [-0.05, 0) is 56.2 Å². The predicted octanol–water partition coefficient (Wildman–Crippen LogP) is 3.39. The fourth-order valence-electron chi connectivity index (χ4n) is 2.48. The van der Waals surface area contributed by atoms with Crippen molar-refractivity contribution in [1.29, 1.82) is 0 Å². The van der Waals surface area contributed by atoms with E-state index in [1.807, 2.05) is 26.8 Å². The third kappa shape index (κ3) is 8.67. The Labute approximate surface area is 189 Å². The summed E-state index contributed by atoms with van der Waals surface area (Å²) >= 11 is 0. The van der Waals surface area contributed by atoms with Crippen LogP contribution in [0.4, 0.5) is 4.39 Å². The maximum Gasteiger partial charge on any atom is 0.240 e. The SMILES string of the molecule is CCNC(=NCc1cccc(S(=O)(=O)NCc2cccc(F)c2)c1)NC(C)C.I. The first-order chi connectivity index (χ1) is 13.3. The average Bonchev–Trinajstić information content (AvgIpc) is 2.65. The molecule has 3 N–H and O–H groups in total. The average molecular weight is 534 g/mol. The third-order valence-electron chi connectivity index (χ3n) is 3.75. The van der Waals surface area contributed by atoms with Gasteiger partial charge in [0.05, 0.1) is 11.4 Å². The van der Waals surface area contributed by atoms with Crippen LogP contribution in [0.3, 0.4) is 0 Å². The van der Waals surface area contributed by atoms with Crippen molar-refractivity contribution in [3.63, 3.8) is 0 Å². The number of hydrogen-bond acceptors (Lipinski definition) is 3. The van der Waals surface area contributed by atoms with Crippen LogP contribution in [0.5, 0.6) is 0 Å². The quantitative estimate of drug-likeness (QED) is 0.276. The van der Waals surface area contributed by atoms with Crippen molar-refractivity contribution < 1.29 is 12.8 Å². The summed E-state index contributed by atoms with van der Waals surface area (Å²) in [5.74, 6) is 0.276. The molecule has 2 rings (SSSR count). The number of rotatable bonds is 8. The summed E-state index contributed by atoms with van der Waals surface area (Å²) < 4.78 is 40.9. The fourth-order valence-corrected chi connectivity index (χ4v) is 3.57. The zero-order chi connectivity index (χ0) is 20.6. The van der Waals surface area contributed by atoms with Crippen molar-refractivity contribution in [2.24, 2.45) is 4.99 Å². The van der Waals surface area contributed by atoms with E-state index in [0.29, 0.717) is 18.1 Å². The molecule has 0 aromatic heterocycles. The van der Waals surface area contributed by atoms with Crippen LogP contribution in [0.25, 0.3) is 0 Å². The Morgan fingerprint density at radius 3 is 2.45 bits per heavy atom. The summed E-state index contributed by atoms with van der Waals surface area (Å²) in [6.45, 7) is 7.11. The monoisotopic (exact) mass is 534 g/mol. The summed E-state index contributed by atoms with van der Waals surface area (Å²) in [6, 6.07) is 12.7. The van der Waals surface area contributed by atoms with Gasteiger partial charge in [0.2, 0.25) is 10.0 Å². The smallest absolute Gasteiger partial charge is 0.240 e. The summed E-state index contributed by atoms with van der Waals surface area (Å²) in [5, 5.41) is 6.37. The van der Waals surface area contributed by atoms with Crippen molar-refractivity contribution in [2.75, 3.05) is 6.54 Å². The Morgan fingerprint density at radius 2 is 1.79 bits per heavy atom. The van der Waals surface area contributed by atoms with Gasteiger partial charge in [-0.15, -0.1) is 24.0 Å². The number of aliphatic imine (C=N–C) groups is 1. The molecular weight excluding hydrogens is 506 g/mol. The fraction of sp³-hybridized carbons (Fsp3) is 0.350. The molecule has 6 nitrogen and oxygen atoms in total. The van der Waals surface area contributed by atoms with Crippen LogP contribution in [0.1, 0.15) is 31.9 Å². The van der Waals surface area contributed by atoms with E-state index < -0.39 is 15.8 Å². The van der Waals surface area contributed by atoms with E-state index in [-0.39, 0.29) is 41.5 Å². The van der Waals surface area contributed by atoms with Crippen molar-refractivity contribution in [1.82, 2.24) is 15.4 Å². The van der Waals surface area contributed by atoms with E-state index in [1.54, 1.807) is 24.3 Å². The summed E-state index contributed by atoms with van der Waals surface area (Å²) in [4.78, 5) is 4.64. The molecule has 0 aliphatic rings. The lowest BCUT2D eigenvalue weighted by molar-refractivity contribution is 0.580. The molecule has 0 bridgehead atoms. The molecule has 0 spiro atoms. The summed E-state index contributed by atoms with van der Waals surface area (Å²) in [7, 11) is -3.71. The van der Waals surface area contributed by atoms with E-state index in [0.717, 1.165) is 12.1 Å². The van der Waals surface area contributed by atoms with E-state index in [4.69, 9.17) is 0 Å². The van der Waals surface area contributed by atoms with Crippen LogP contribution >= 0.6 is 24.0 Å². The number of halogens is 2. The Hall–Kier alpha value is -1.72. The van der Waals surface area contributed by atoms with Gasteiger partial charge in [0, 0.05) is 19.1 Å². The Balaban J connectivity index is 0.00000420. The van der Waals surface area contributed by atoms with Gasteiger partial charge in [-0.1, -0.05) is 24.3 Å². The molecule has 0 aliphatic carbocycles. The molecule has 9 heteroatoms. The van der Waals surface area contributed by atoms with E-state index >= 15 is 0 Å². The van der Waals surface area contributed by atoms with E-state index in [9.17, 15) is 12.8 Å². The highest BCUT2D eigenvalue weighted by Gasteiger charge is 2.14. The molecule has 0 amide bonds. The lowest BCUT2D eigenvalue weighted by Crippen LogP contribution is -2.41. The second-order valence-electron chi connectivity index (χ2n) is 6.60. The summed E-state index contributed by atoms with van der Waals surface area (Å²) in [6.07, 6.45) is 0. The van der Waals surface area contributed by atoms with Crippen molar-refractivity contribution in [3.05, 3.63) is 65.5 Å². The first-order valence-corrected chi connectivity index (χ1v) is 10.7. The zero-order valence-electron chi connectivity index (χ0n) is 16.8. The molecule has 0 heterocycles. The number of hydrogen-bond donors (Lipinski definition) is 3. The van der Waals surface area contributed by atoms with Crippen LogP contribution < -0.4 is 15.4 Å². The van der Waals surface area contributed by atoms with E-state index in [2.05, 4.69) is 20.3 Å². The lowest BCUT2D eigenvalue weighted by atomic mass is 10.2. The highest BCUT2D eigenvalue weighted by Crippen LogP contribution is 2.13. The number of nitrogens with zero attached hydrogens (tertiary/aromatic N) is 1. The molecule has 0 atom stereocenters. The lowest BCUT2D eigenvalue weighted by Gasteiger charge is -2.14. The molecule has 2 aromatic carbocycles. The Bertz CT molecular complexity index is 920. The molecule has 160 valence electrons. The van der Waals surface area contributed by atoms with Gasteiger partial charge in [-0.3, -0.25) is 0 Å². The molecule has 29 heavy (non-hydrogen) atoms. The van der Waals surface area contributed by atoms with E-state index in [1.165, 1.54) is 18.2 Å². The highest BCUT2D eigenvalue weighted by molar-refractivity contribution is 14.0. The largest absolute Gasteiger partial charge is 0.357 e. The number of sulfonamides is 1.